The highest BCUT2D eigenvalue weighted by Gasteiger charge is 2.48. The van der Waals surface area contributed by atoms with Crippen molar-refractivity contribution in [3.05, 3.63) is 299 Å². The van der Waals surface area contributed by atoms with E-state index in [1.54, 1.807) is 0 Å². The van der Waals surface area contributed by atoms with E-state index in [4.69, 9.17) is 6.42 Å². The van der Waals surface area contributed by atoms with E-state index in [2.05, 4.69) is 266 Å². The average molecular weight is 840 g/mol. The Morgan fingerprint density at radius 3 is 1.52 bits per heavy atom. The summed E-state index contributed by atoms with van der Waals surface area (Å²) in [5, 5.41) is 4.80. The molecule has 0 radical (unpaired) electrons. The van der Waals surface area contributed by atoms with Crippen LogP contribution < -0.4 is 4.90 Å². The largest absolute Gasteiger partial charge is 0.310 e. The lowest BCUT2D eigenvalue weighted by molar-refractivity contribution is 0.766. The summed E-state index contributed by atoms with van der Waals surface area (Å²) in [4.78, 5) is 2.50. The minimum absolute atomic E-state index is 0.567. The molecule has 0 N–H and O–H groups in total. The molecule has 2 aliphatic rings. The van der Waals surface area contributed by atoms with Crippen LogP contribution in [-0.4, -0.2) is 0 Å². The van der Waals surface area contributed by atoms with Crippen LogP contribution in [0.5, 0.6) is 0 Å². The van der Waals surface area contributed by atoms with E-state index in [0.717, 1.165) is 50.5 Å². The third-order valence-electron chi connectivity index (χ3n) is 14.2. The normalized spacial score (nSPS) is 14.2. The molecule has 0 atom stereocenters. The van der Waals surface area contributed by atoms with Gasteiger partial charge < -0.3 is 4.90 Å². The quantitative estimate of drug-likeness (QED) is 0.109. The summed E-state index contributed by atoms with van der Waals surface area (Å²) in [6.07, 6.45) is 11.0. The summed E-state index contributed by atoms with van der Waals surface area (Å²) in [5.41, 5.74) is 16.0. The highest BCUT2D eigenvalue weighted by molar-refractivity contribution is 6.15. The van der Waals surface area contributed by atoms with Gasteiger partial charge in [-0.2, -0.15) is 0 Å². The molecular weight excluding hydrogens is 795 g/mol. The number of anilines is 3. The Labute approximate surface area is 387 Å². The molecule has 0 amide bonds. The van der Waals surface area contributed by atoms with Crippen molar-refractivity contribution >= 4 is 44.2 Å². The zero-order valence-electron chi connectivity index (χ0n) is 36.7. The average Bonchev–Trinajstić information content (AvgIpc) is 3.84. The first-order chi connectivity index (χ1) is 32.7. The van der Waals surface area contributed by atoms with Crippen LogP contribution in [-0.2, 0) is 10.8 Å². The van der Waals surface area contributed by atoms with E-state index >= 15 is 0 Å². The van der Waals surface area contributed by atoms with Gasteiger partial charge in [0.15, 0.2) is 0 Å². The highest BCUT2D eigenvalue weighted by atomic mass is 15.1. The van der Waals surface area contributed by atoms with Crippen molar-refractivity contribution in [1.29, 1.82) is 0 Å². The first kappa shape index (κ1) is 39.2. The van der Waals surface area contributed by atoms with Crippen molar-refractivity contribution in [3.8, 4) is 23.5 Å². The first-order valence-corrected chi connectivity index (χ1v) is 22.8. The molecule has 0 unspecified atom stereocenters. The van der Waals surface area contributed by atoms with Crippen molar-refractivity contribution in [2.24, 2.45) is 0 Å². The van der Waals surface area contributed by atoms with Crippen molar-refractivity contribution in [2.45, 2.75) is 17.8 Å². The number of terminal acetylenes is 1. The Hall–Kier alpha value is -8.44. The van der Waals surface area contributed by atoms with Gasteiger partial charge in [0, 0.05) is 22.3 Å². The number of allylic oxidation sites excluding steroid dienone is 4. The lowest BCUT2D eigenvalue weighted by Crippen LogP contribution is -2.30. The van der Waals surface area contributed by atoms with Gasteiger partial charge in [0.05, 0.1) is 16.5 Å². The fraction of sp³-hybridized carbons (Fsp3) is 0.0462. The topological polar surface area (TPSA) is 3.24 Å². The van der Waals surface area contributed by atoms with E-state index in [1.165, 1.54) is 54.9 Å². The summed E-state index contributed by atoms with van der Waals surface area (Å²) in [6.45, 7) is 2.07. The van der Waals surface area contributed by atoms with Crippen LogP contribution >= 0.6 is 0 Å². The van der Waals surface area contributed by atoms with Crippen molar-refractivity contribution in [3.63, 3.8) is 0 Å². The maximum absolute atomic E-state index is 6.74. The maximum Gasteiger partial charge on any atom is 0.0793 e. The Morgan fingerprint density at radius 2 is 0.909 bits per heavy atom. The lowest BCUT2D eigenvalue weighted by Gasteiger charge is -2.36. The summed E-state index contributed by atoms with van der Waals surface area (Å²) < 4.78 is 0. The zero-order chi connectivity index (χ0) is 44.2. The standard InChI is InChI=1S/C65H45N/c1-3-22-54-56-41-39-51(43-60(56)64(58(54)4-2,47-25-9-5-10-26-47)48-27-11-6-12-28-48)66(62-36-21-24-46-38-37-45-23-17-18-33-53(45)63(46)62)52-40-42-57-55-34-19-20-35-59(55)65(61(57)44-52,49-29-13-7-14-30-49)50-31-15-8-16-32-50/h2-3,5-44H,1H3. The predicted molar refractivity (Wildman–Crippen MR) is 277 cm³/mol. The SMILES string of the molecule is C#CC1=C(C=CC)c2ccc(N(c3ccc4c(c3)C(c3ccccc3)(c3ccccc3)c3ccccc3-4)c3cccc4ccc5ccccc5c34)cc2C1(c1ccccc1)c1ccccc1. The van der Waals surface area contributed by atoms with E-state index in [9.17, 15) is 0 Å². The van der Waals surface area contributed by atoms with Gasteiger partial charge in [-0.1, -0.05) is 224 Å². The van der Waals surface area contributed by atoms with Gasteiger partial charge in [-0.05, 0) is 115 Å². The Bertz CT molecular complexity index is 3510. The van der Waals surface area contributed by atoms with Crippen LogP contribution in [0.1, 0.15) is 51.4 Å². The fourth-order valence-corrected chi connectivity index (χ4v) is 11.6. The van der Waals surface area contributed by atoms with Crippen molar-refractivity contribution < 1.29 is 0 Å². The monoisotopic (exact) mass is 839 g/mol. The number of nitrogens with zero attached hydrogens (tertiary/aromatic N) is 1. The number of hydrogen-bond acceptors (Lipinski definition) is 1. The van der Waals surface area contributed by atoms with Gasteiger partial charge in [-0.15, -0.1) is 6.42 Å². The molecule has 66 heavy (non-hydrogen) atoms. The maximum atomic E-state index is 6.74. The van der Waals surface area contributed by atoms with Crippen LogP contribution in [0.15, 0.2) is 254 Å². The lowest BCUT2D eigenvalue weighted by atomic mass is 9.67. The molecule has 0 fully saturated rings. The molecule has 310 valence electrons. The van der Waals surface area contributed by atoms with E-state index in [-0.39, 0.29) is 0 Å². The van der Waals surface area contributed by atoms with Crippen LogP contribution in [0.25, 0.3) is 38.2 Å². The summed E-state index contributed by atoms with van der Waals surface area (Å²) in [5.74, 6) is 3.28. The molecule has 0 aliphatic heterocycles. The molecular formula is C65H45N. The third kappa shape index (κ3) is 5.62. The molecule has 0 heterocycles. The molecule has 10 aromatic carbocycles. The fourth-order valence-electron chi connectivity index (χ4n) is 11.6. The molecule has 0 aromatic heterocycles. The molecule has 1 nitrogen and oxygen atoms in total. The number of fused-ring (bicyclic) bond motifs is 7. The van der Waals surface area contributed by atoms with Crippen molar-refractivity contribution in [1.82, 2.24) is 0 Å². The molecule has 12 rings (SSSR count). The van der Waals surface area contributed by atoms with Gasteiger partial charge in [0.25, 0.3) is 0 Å². The van der Waals surface area contributed by atoms with Gasteiger partial charge in [0.2, 0.25) is 0 Å². The molecule has 2 aliphatic carbocycles. The zero-order valence-corrected chi connectivity index (χ0v) is 36.7. The molecule has 0 bridgehead atoms. The van der Waals surface area contributed by atoms with E-state index < -0.39 is 10.8 Å². The van der Waals surface area contributed by atoms with Crippen LogP contribution in [0, 0.1) is 12.3 Å². The van der Waals surface area contributed by atoms with Gasteiger partial charge in [-0.3, -0.25) is 0 Å². The summed E-state index contributed by atoms with van der Waals surface area (Å²) in [7, 11) is 0. The van der Waals surface area contributed by atoms with E-state index in [1.807, 2.05) is 0 Å². The number of benzene rings is 10. The highest BCUT2D eigenvalue weighted by Crippen LogP contribution is 2.59. The first-order valence-electron chi connectivity index (χ1n) is 22.8. The summed E-state index contributed by atoms with van der Waals surface area (Å²) in [6, 6.07) is 87.0. The summed E-state index contributed by atoms with van der Waals surface area (Å²) >= 11 is 0. The van der Waals surface area contributed by atoms with Crippen LogP contribution in [0.4, 0.5) is 17.1 Å². The third-order valence-corrected chi connectivity index (χ3v) is 14.2. The molecule has 0 spiro atoms. The molecule has 0 saturated heterocycles. The van der Waals surface area contributed by atoms with Gasteiger partial charge in [-0.25, -0.2) is 0 Å². The predicted octanol–water partition coefficient (Wildman–Crippen LogP) is 16.1. The Balaban J connectivity index is 1.20. The van der Waals surface area contributed by atoms with E-state index in [0.29, 0.717) is 0 Å². The van der Waals surface area contributed by atoms with Crippen molar-refractivity contribution in [2.75, 3.05) is 4.90 Å². The smallest absolute Gasteiger partial charge is 0.0793 e. The second-order valence-electron chi connectivity index (χ2n) is 17.4. The van der Waals surface area contributed by atoms with Gasteiger partial charge in [0.1, 0.15) is 0 Å². The second-order valence-corrected chi connectivity index (χ2v) is 17.4. The van der Waals surface area contributed by atoms with Crippen LogP contribution in [0.3, 0.4) is 0 Å². The second kappa shape index (κ2) is 15.7. The Morgan fingerprint density at radius 1 is 0.424 bits per heavy atom. The molecule has 1 heteroatoms. The molecule has 10 aromatic rings. The Kier molecular flexibility index (Phi) is 9.30. The van der Waals surface area contributed by atoms with Crippen LogP contribution in [0.2, 0.25) is 0 Å². The minimum Gasteiger partial charge on any atom is -0.310 e. The molecule has 0 saturated carbocycles. The number of hydrogen-bond donors (Lipinski definition) is 0. The minimum atomic E-state index is -0.746. The van der Waals surface area contributed by atoms with Gasteiger partial charge >= 0.3 is 0 Å². The number of rotatable bonds is 8.